The molecule has 0 aromatic carbocycles. The van der Waals surface area contributed by atoms with Gasteiger partial charge < -0.3 is 0 Å². The molecule has 0 N–H and O–H groups in total. The van der Waals surface area contributed by atoms with Gasteiger partial charge in [0.1, 0.15) is 17.4 Å². The van der Waals surface area contributed by atoms with Crippen molar-refractivity contribution >= 4 is 15.6 Å². The molecule has 4 rings (SSSR count). The number of rotatable bonds is 9. The van der Waals surface area contributed by atoms with Crippen molar-refractivity contribution in [3.63, 3.8) is 0 Å². The molecule has 0 saturated heterocycles. The second kappa shape index (κ2) is 9.80. The fourth-order valence-corrected chi connectivity index (χ4v) is 5.35. The molecule has 3 aromatic heterocycles. The third kappa shape index (κ3) is 6.08. The molecule has 1 saturated carbocycles. The van der Waals surface area contributed by atoms with Crippen LogP contribution in [0.2, 0.25) is 0 Å². The molecule has 184 valence electrons. The van der Waals surface area contributed by atoms with Gasteiger partial charge in [-0.15, -0.1) is 0 Å². The average Bonchev–Trinajstić information content (AvgIpc) is 3.66. The lowest BCUT2D eigenvalue weighted by Crippen LogP contribution is -2.18. The number of aromatic nitrogens is 4. The van der Waals surface area contributed by atoms with Gasteiger partial charge in [-0.25, -0.2) is 18.4 Å². The zero-order chi connectivity index (χ0) is 25.2. The van der Waals surface area contributed by atoms with E-state index in [-0.39, 0.29) is 34.6 Å². The standard InChI is InChI=1S/C24H23F3N4O3S/c1-2-20(21-7-8-29-23(31-21)14-35(33,34)19-5-6-19)22(32)10-18-4-3-15(12-30-18)16-9-17(13-28-11-16)24(25,26)27/h3-4,7-9,11-13,19-20H,2,5-6,10,14H2,1H3. The number of carbonyl (C=O) groups excluding carboxylic acids is 1. The molecule has 0 radical (unpaired) electrons. The number of ketones is 1. The zero-order valence-electron chi connectivity index (χ0n) is 18.9. The maximum atomic E-state index is 13.0. The summed E-state index contributed by atoms with van der Waals surface area (Å²) in [5.41, 5.74) is 0.785. The first-order valence-electron chi connectivity index (χ1n) is 11.1. The smallest absolute Gasteiger partial charge is 0.299 e. The topological polar surface area (TPSA) is 103 Å². The predicted molar refractivity (Wildman–Crippen MR) is 122 cm³/mol. The van der Waals surface area contributed by atoms with Crippen molar-refractivity contribution in [2.45, 2.75) is 55.7 Å². The molecule has 0 aliphatic heterocycles. The Balaban J connectivity index is 1.47. The summed E-state index contributed by atoms with van der Waals surface area (Å²) in [7, 11) is -3.28. The van der Waals surface area contributed by atoms with Gasteiger partial charge in [-0.2, -0.15) is 13.2 Å². The number of Topliss-reactive ketones (excluding diaryl/α,β-unsaturated/α-hetero) is 1. The molecule has 35 heavy (non-hydrogen) atoms. The Morgan fingerprint density at radius 3 is 2.49 bits per heavy atom. The summed E-state index contributed by atoms with van der Waals surface area (Å²) in [5, 5.41) is -0.320. The van der Waals surface area contributed by atoms with Gasteiger partial charge in [-0.1, -0.05) is 13.0 Å². The van der Waals surface area contributed by atoms with Crippen molar-refractivity contribution in [1.82, 2.24) is 19.9 Å². The van der Waals surface area contributed by atoms with Crippen LogP contribution in [-0.2, 0) is 33.0 Å². The van der Waals surface area contributed by atoms with Gasteiger partial charge in [-0.3, -0.25) is 14.8 Å². The SMILES string of the molecule is CCC(C(=O)Cc1ccc(-c2cncc(C(F)(F)F)c2)cn1)c1ccnc(CS(=O)(=O)C2CC2)n1. The number of halogens is 3. The molecular formula is C24H23F3N4O3S. The van der Waals surface area contributed by atoms with Gasteiger partial charge >= 0.3 is 6.18 Å². The van der Waals surface area contributed by atoms with Crippen LogP contribution in [0.25, 0.3) is 11.1 Å². The molecular weight excluding hydrogens is 481 g/mol. The van der Waals surface area contributed by atoms with E-state index in [0.717, 1.165) is 12.3 Å². The molecule has 0 amide bonds. The number of alkyl halides is 3. The second-order valence-electron chi connectivity index (χ2n) is 8.51. The van der Waals surface area contributed by atoms with Gasteiger partial charge in [0.15, 0.2) is 9.84 Å². The van der Waals surface area contributed by atoms with Crippen molar-refractivity contribution < 1.29 is 26.4 Å². The van der Waals surface area contributed by atoms with Crippen molar-refractivity contribution in [3.8, 4) is 11.1 Å². The molecule has 0 spiro atoms. The summed E-state index contributed by atoms with van der Waals surface area (Å²) in [6.45, 7) is 1.84. The molecule has 11 heteroatoms. The fraction of sp³-hybridized carbons (Fsp3) is 0.375. The van der Waals surface area contributed by atoms with Crippen LogP contribution < -0.4 is 0 Å². The summed E-state index contributed by atoms with van der Waals surface area (Å²) in [4.78, 5) is 29.3. The van der Waals surface area contributed by atoms with Crippen LogP contribution in [0.15, 0.2) is 49.1 Å². The minimum atomic E-state index is -4.50. The zero-order valence-corrected chi connectivity index (χ0v) is 19.7. The van der Waals surface area contributed by atoms with Crippen LogP contribution in [0.1, 0.15) is 54.9 Å². The first-order valence-corrected chi connectivity index (χ1v) is 12.8. The van der Waals surface area contributed by atoms with E-state index in [1.807, 2.05) is 6.92 Å². The van der Waals surface area contributed by atoms with Crippen LogP contribution in [0.4, 0.5) is 13.2 Å². The Kier molecular flexibility index (Phi) is 6.98. The van der Waals surface area contributed by atoms with Gasteiger partial charge in [0.05, 0.1) is 22.4 Å². The quantitative estimate of drug-likeness (QED) is 0.427. The summed E-state index contributed by atoms with van der Waals surface area (Å²) < 4.78 is 63.4. The number of carbonyl (C=O) groups is 1. The third-order valence-corrected chi connectivity index (χ3v) is 7.97. The molecule has 1 fully saturated rings. The van der Waals surface area contributed by atoms with E-state index in [4.69, 9.17) is 0 Å². The molecule has 1 unspecified atom stereocenters. The largest absolute Gasteiger partial charge is 0.417 e. The summed E-state index contributed by atoms with van der Waals surface area (Å²) in [6.07, 6.45) is 2.23. The van der Waals surface area contributed by atoms with E-state index in [0.29, 0.717) is 36.2 Å². The van der Waals surface area contributed by atoms with Crippen LogP contribution in [0, 0.1) is 0 Å². The lowest BCUT2D eigenvalue weighted by molar-refractivity contribution is -0.137. The van der Waals surface area contributed by atoms with E-state index in [9.17, 15) is 26.4 Å². The lowest BCUT2D eigenvalue weighted by Gasteiger charge is -2.14. The first kappa shape index (κ1) is 24.9. The Labute approximate surface area is 200 Å². The Bertz CT molecular complexity index is 1320. The average molecular weight is 505 g/mol. The highest BCUT2D eigenvalue weighted by Gasteiger charge is 2.36. The van der Waals surface area contributed by atoms with Crippen molar-refractivity contribution in [2.24, 2.45) is 0 Å². The number of hydrogen-bond acceptors (Lipinski definition) is 7. The van der Waals surface area contributed by atoms with Crippen molar-refractivity contribution in [1.29, 1.82) is 0 Å². The molecule has 7 nitrogen and oxygen atoms in total. The molecule has 1 aliphatic rings. The van der Waals surface area contributed by atoms with Crippen LogP contribution >= 0.6 is 0 Å². The van der Waals surface area contributed by atoms with Crippen LogP contribution in [0.5, 0.6) is 0 Å². The second-order valence-corrected chi connectivity index (χ2v) is 10.8. The van der Waals surface area contributed by atoms with Crippen molar-refractivity contribution in [2.75, 3.05) is 0 Å². The van der Waals surface area contributed by atoms with Gasteiger partial charge in [0.25, 0.3) is 0 Å². The highest BCUT2D eigenvalue weighted by atomic mass is 32.2. The van der Waals surface area contributed by atoms with E-state index in [2.05, 4.69) is 19.9 Å². The fourth-order valence-electron chi connectivity index (χ4n) is 3.76. The highest BCUT2D eigenvalue weighted by Crippen LogP contribution is 2.32. The Hall–Kier alpha value is -3.21. The van der Waals surface area contributed by atoms with Gasteiger partial charge in [-0.05, 0) is 37.5 Å². The maximum absolute atomic E-state index is 13.0. The van der Waals surface area contributed by atoms with E-state index in [1.165, 1.54) is 18.6 Å². The van der Waals surface area contributed by atoms with Gasteiger partial charge in [0, 0.05) is 48.0 Å². The Morgan fingerprint density at radius 2 is 1.86 bits per heavy atom. The van der Waals surface area contributed by atoms with E-state index in [1.54, 1.807) is 18.2 Å². The van der Waals surface area contributed by atoms with E-state index >= 15 is 0 Å². The molecule has 3 heterocycles. The highest BCUT2D eigenvalue weighted by molar-refractivity contribution is 7.91. The predicted octanol–water partition coefficient (Wildman–Crippen LogP) is 4.34. The minimum Gasteiger partial charge on any atom is -0.299 e. The molecule has 1 aliphatic carbocycles. The molecule has 1 atom stereocenters. The van der Waals surface area contributed by atoms with E-state index < -0.39 is 27.5 Å². The van der Waals surface area contributed by atoms with Crippen LogP contribution in [0.3, 0.4) is 0 Å². The minimum absolute atomic E-state index is 0.000658. The maximum Gasteiger partial charge on any atom is 0.417 e. The van der Waals surface area contributed by atoms with Crippen molar-refractivity contribution in [3.05, 3.63) is 71.8 Å². The number of nitrogens with zero attached hydrogens (tertiary/aromatic N) is 4. The number of hydrogen-bond donors (Lipinski definition) is 0. The first-order chi connectivity index (χ1) is 16.6. The number of pyridine rings is 2. The monoisotopic (exact) mass is 504 g/mol. The molecule has 3 aromatic rings. The third-order valence-electron chi connectivity index (χ3n) is 5.82. The molecule has 0 bridgehead atoms. The normalized spacial score (nSPS) is 15.1. The Morgan fingerprint density at radius 1 is 1.09 bits per heavy atom. The summed E-state index contributed by atoms with van der Waals surface area (Å²) >= 11 is 0. The lowest BCUT2D eigenvalue weighted by atomic mass is 9.93. The number of sulfone groups is 1. The van der Waals surface area contributed by atoms with Crippen LogP contribution in [-0.4, -0.2) is 39.4 Å². The summed E-state index contributed by atoms with van der Waals surface area (Å²) in [6, 6.07) is 5.79. The van der Waals surface area contributed by atoms with Gasteiger partial charge in [0.2, 0.25) is 0 Å². The summed E-state index contributed by atoms with van der Waals surface area (Å²) in [5.74, 6) is -0.778.